The van der Waals surface area contributed by atoms with E-state index in [1.807, 2.05) is 24.3 Å². The second-order valence-electron chi connectivity index (χ2n) is 6.30. The largest absolute Gasteiger partial charge is 0.493 e. The molecule has 0 aromatic heterocycles. The highest BCUT2D eigenvalue weighted by molar-refractivity contribution is 5.97. The summed E-state index contributed by atoms with van der Waals surface area (Å²) in [4.78, 5) is 26.2. The highest BCUT2D eigenvalue weighted by Crippen LogP contribution is 2.31. The topological polar surface area (TPSA) is 65.1 Å². The first-order valence-corrected chi connectivity index (χ1v) is 9.08. The van der Waals surface area contributed by atoms with Crippen LogP contribution in [0.5, 0.6) is 11.5 Å². The number of benzene rings is 2. The maximum atomic E-state index is 12.5. The van der Waals surface area contributed by atoms with Crippen LogP contribution in [-0.4, -0.2) is 39.2 Å². The van der Waals surface area contributed by atoms with Gasteiger partial charge in [-0.2, -0.15) is 0 Å². The van der Waals surface area contributed by atoms with Crippen LogP contribution in [0.25, 0.3) is 6.08 Å². The molecule has 0 fully saturated rings. The third-order valence-electron chi connectivity index (χ3n) is 4.58. The lowest BCUT2D eigenvalue weighted by atomic mass is 10.0. The molecule has 0 saturated carbocycles. The summed E-state index contributed by atoms with van der Waals surface area (Å²) in [5, 5.41) is 0. The molecule has 0 N–H and O–H groups in total. The van der Waals surface area contributed by atoms with Gasteiger partial charge in [0.15, 0.2) is 18.1 Å². The average molecular weight is 381 g/mol. The molecule has 28 heavy (non-hydrogen) atoms. The number of aryl methyl sites for hydroxylation is 1. The minimum atomic E-state index is -0.594. The number of rotatable bonds is 6. The summed E-state index contributed by atoms with van der Waals surface area (Å²) >= 11 is 0. The van der Waals surface area contributed by atoms with E-state index in [-0.39, 0.29) is 12.5 Å². The number of hydrogen-bond acceptors (Lipinski definition) is 5. The number of ether oxygens (including phenoxy) is 3. The zero-order valence-electron chi connectivity index (χ0n) is 16.0. The van der Waals surface area contributed by atoms with Gasteiger partial charge in [0.2, 0.25) is 0 Å². The molecule has 0 spiro atoms. The van der Waals surface area contributed by atoms with Crippen LogP contribution in [0.3, 0.4) is 0 Å². The van der Waals surface area contributed by atoms with Gasteiger partial charge in [-0.1, -0.05) is 30.3 Å². The molecule has 146 valence electrons. The monoisotopic (exact) mass is 381 g/mol. The summed E-state index contributed by atoms with van der Waals surface area (Å²) in [5.74, 6) is 0.267. The number of para-hydroxylation sites is 2. The van der Waals surface area contributed by atoms with Crippen molar-refractivity contribution in [3.63, 3.8) is 0 Å². The van der Waals surface area contributed by atoms with Crippen molar-refractivity contribution in [2.45, 2.75) is 12.8 Å². The first-order valence-electron chi connectivity index (χ1n) is 9.08. The number of nitrogens with zero attached hydrogens (tertiary/aromatic N) is 1. The standard InChI is InChI=1S/C22H23NO5/c1-26-19-11-5-8-17(22(19)27-2)12-13-21(25)28-15-20(24)23-14-6-9-16-7-3-4-10-18(16)23/h3-5,7-8,10-13H,6,9,14-15H2,1-2H3. The van der Waals surface area contributed by atoms with Crippen LogP contribution in [0, 0.1) is 0 Å². The van der Waals surface area contributed by atoms with Gasteiger partial charge in [-0.3, -0.25) is 4.79 Å². The number of hydrogen-bond donors (Lipinski definition) is 0. The number of anilines is 1. The predicted octanol–water partition coefficient (Wildman–Crippen LogP) is 3.24. The molecular weight excluding hydrogens is 358 g/mol. The molecule has 0 atom stereocenters. The zero-order valence-corrected chi connectivity index (χ0v) is 16.0. The van der Waals surface area contributed by atoms with Crippen molar-refractivity contribution in [2.24, 2.45) is 0 Å². The summed E-state index contributed by atoms with van der Waals surface area (Å²) in [6.45, 7) is 0.330. The Balaban J connectivity index is 1.61. The lowest BCUT2D eigenvalue weighted by molar-refractivity contribution is -0.142. The van der Waals surface area contributed by atoms with E-state index >= 15 is 0 Å². The molecule has 1 heterocycles. The van der Waals surface area contributed by atoms with Crippen LogP contribution in [0.4, 0.5) is 5.69 Å². The van der Waals surface area contributed by atoms with Gasteiger partial charge in [0.25, 0.3) is 5.91 Å². The first-order chi connectivity index (χ1) is 13.6. The number of amides is 1. The lowest BCUT2D eigenvalue weighted by Gasteiger charge is -2.29. The summed E-state index contributed by atoms with van der Waals surface area (Å²) in [6, 6.07) is 13.2. The van der Waals surface area contributed by atoms with E-state index < -0.39 is 5.97 Å². The second kappa shape index (κ2) is 9.08. The Kier molecular flexibility index (Phi) is 6.32. The Morgan fingerprint density at radius 2 is 1.89 bits per heavy atom. The number of esters is 1. The lowest BCUT2D eigenvalue weighted by Crippen LogP contribution is -2.38. The van der Waals surface area contributed by atoms with Crippen LogP contribution in [0.2, 0.25) is 0 Å². The van der Waals surface area contributed by atoms with Crippen LogP contribution >= 0.6 is 0 Å². The third kappa shape index (κ3) is 4.34. The smallest absolute Gasteiger partial charge is 0.331 e. The summed E-state index contributed by atoms with van der Waals surface area (Å²) in [6.07, 6.45) is 4.69. The first kappa shape index (κ1) is 19.5. The molecule has 0 saturated heterocycles. The Labute approximate surface area is 164 Å². The number of carbonyl (C=O) groups is 2. The van der Waals surface area contributed by atoms with Crippen molar-refractivity contribution < 1.29 is 23.8 Å². The van der Waals surface area contributed by atoms with Crippen molar-refractivity contribution in [3.8, 4) is 11.5 Å². The Morgan fingerprint density at radius 1 is 1.07 bits per heavy atom. The van der Waals surface area contributed by atoms with Crippen molar-refractivity contribution >= 4 is 23.6 Å². The predicted molar refractivity (Wildman–Crippen MR) is 107 cm³/mol. The molecule has 1 aliphatic heterocycles. The van der Waals surface area contributed by atoms with Gasteiger partial charge in [0, 0.05) is 23.9 Å². The van der Waals surface area contributed by atoms with Gasteiger partial charge in [0.05, 0.1) is 14.2 Å². The fourth-order valence-corrected chi connectivity index (χ4v) is 3.25. The number of carbonyl (C=O) groups excluding carboxylic acids is 2. The molecule has 0 bridgehead atoms. The second-order valence-corrected chi connectivity index (χ2v) is 6.30. The number of fused-ring (bicyclic) bond motifs is 1. The molecule has 2 aromatic rings. The third-order valence-corrected chi connectivity index (χ3v) is 4.58. The Bertz CT molecular complexity index is 890. The van der Waals surface area contributed by atoms with Crippen LogP contribution in [0.1, 0.15) is 17.5 Å². The minimum absolute atomic E-state index is 0.229. The molecule has 3 rings (SSSR count). The molecule has 6 nitrogen and oxygen atoms in total. The van der Waals surface area contributed by atoms with E-state index in [1.54, 1.807) is 36.3 Å². The maximum Gasteiger partial charge on any atom is 0.331 e. The van der Waals surface area contributed by atoms with Gasteiger partial charge >= 0.3 is 5.97 Å². The molecule has 2 aromatic carbocycles. The van der Waals surface area contributed by atoms with Crippen molar-refractivity contribution in [3.05, 3.63) is 59.7 Å². The number of methoxy groups -OCH3 is 2. The minimum Gasteiger partial charge on any atom is -0.493 e. The fourth-order valence-electron chi connectivity index (χ4n) is 3.25. The fraction of sp³-hybridized carbons (Fsp3) is 0.273. The maximum absolute atomic E-state index is 12.5. The Hall–Kier alpha value is -3.28. The molecule has 1 amide bonds. The van der Waals surface area contributed by atoms with Gasteiger partial charge in [0.1, 0.15) is 0 Å². The molecule has 1 aliphatic rings. The van der Waals surface area contributed by atoms with E-state index in [9.17, 15) is 9.59 Å². The van der Waals surface area contributed by atoms with Crippen LogP contribution < -0.4 is 14.4 Å². The van der Waals surface area contributed by atoms with E-state index in [1.165, 1.54) is 13.2 Å². The molecule has 0 aliphatic carbocycles. The van der Waals surface area contributed by atoms with Crippen LogP contribution in [-0.2, 0) is 20.7 Å². The van der Waals surface area contributed by atoms with E-state index in [2.05, 4.69) is 0 Å². The molecular formula is C22H23NO5. The molecule has 0 radical (unpaired) electrons. The average Bonchev–Trinajstić information content (AvgIpc) is 2.75. The Morgan fingerprint density at radius 3 is 2.68 bits per heavy atom. The zero-order chi connectivity index (χ0) is 19.9. The summed E-state index contributed by atoms with van der Waals surface area (Å²) in [7, 11) is 3.08. The van der Waals surface area contributed by atoms with E-state index in [0.29, 0.717) is 23.6 Å². The van der Waals surface area contributed by atoms with Gasteiger partial charge in [-0.15, -0.1) is 0 Å². The summed E-state index contributed by atoms with van der Waals surface area (Å²) in [5.41, 5.74) is 2.71. The van der Waals surface area contributed by atoms with Crippen molar-refractivity contribution in [1.82, 2.24) is 0 Å². The SMILES string of the molecule is COc1cccc(C=CC(=O)OCC(=O)N2CCCc3ccccc32)c1OC. The van der Waals surface area contributed by atoms with E-state index in [4.69, 9.17) is 14.2 Å². The van der Waals surface area contributed by atoms with E-state index in [0.717, 1.165) is 24.1 Å². The highest BCUT2D eigenvalue weighted by atomic mass is 16.5. The summed E-state index contributed by atoms with van der Waals surface area (Å²) < 4.78 is 15.7. The highest BCUT2D eigenvalue weighted by Gasteiger charge is 2.22. The quantitative estimate of drug-likeness (QED) is 0.568. The van der Waals surface area contributed by atoms with Crippen molar-refractivity contribution in [1.29, 1.82) is 0 Å². The van der Waals surface area contributed by atoms with Crippen molar-refractivity contribution in [2.75, 3.05) is 32.3 Å². The normalized spacial score (nSPS) is 13.1. The molecule has 0 unspecified atom stereocenters. The van der Waals surface area contributed by atoms with Gasteiger partial charge < -0.3 is 19.1 Å². The van der Waals surface area contributed by atoms with Crippen LogP contribution in [0.15, 0.2) is 48.5 Å². The van der Waals surface area contributed by atoms with Gasteiger partial charge in [-0.25, -0.2) is 4.79 Å². The van der Waals surface area contributed by atoms with Gasteiger partial charge in [-0.05, 0) is 36.6 Å². The molecule has 6 heteroatoms.